The molecule has 3 rings (SSSR count). The molecule has 0 fully saturated rings. The van der Waals surface area contributed by atoms with E-state index in [-0.39, 0.29) is 6.61 Å². The standard InChI is InChI=1S/C24H21F3N2O2/c25-24(26,27)20-10-5-19(6-11-20)9-14-23-29-21(17-31-23)16-30-22-12-7-18(8-13-22)4-2-1-3-15-28/h5-14,17H,1-4,16H2/b14-9+. The molecule has 160 valence electrons. The quantitative estimate of drug-likeness (QED) is 0.358. The van der Waals surface area contributed by atoms with Crippen LogP contribution < -0.4 is 4.74 Å². The van der Waals surface area contributed by atoms with E-state index in [9.17, 15) is 13.2 Å². The average Bonchev–Trinajstić information content (AvgIpc) is 3.22. The molecule has 0 atom stereocenters. The van der Waals surface area contributed by atoms with E-state index in [4.69, 9.17) is 14.4 Å². The number of rotatable bonds is 9. The van der Waals surface area contributed by atoms with E-state index in [0.717, 1.165) is 31.4 Å². The lowest BCUT2D eigenvalue weighted by atomic mass is 10.1. The Bertz CT molecular complexity index is 1030. The summed E-state index contributed by atoms with van der Waals surface area (Å²) in [5.74, 6) is 1.05. The van der Waals surface area contributed by atoms with Crippen molar-refractivity contribution in [2.45, 2.75) is 38.5 Å². The minimum absolute atomic E-state index is 0.235. The number of nitrogens with zero attached hydrogens (tertiary/aromatic N) is 2. The van der Waals surface area contributed by atoms with Gasteiger partial charge in [-0.2, -0.15) is 18.4 Å². The summed E-state index contributed by atoms with van der Waals surface area (Å²) < 4.78 is 48.9. The largest absolute Gasteiger partial charge is 0.487 e. The van der Waals surface area contributed by atoms with E-state index < -0.39 is 11.7 Å². The first-order valence-corrected chi connectivity index (χ1v) is 9.82. The molecule has 3 aromatic rings. The van der Waals surface area contributed by atoms with Crippen molar-refractivity contribution < 1.29 is 22.3 Å². The number of halogens is 3. The maximum absolute atomic E-state index is 12.6. The van der Waals surface area contributed by atoms with Crippen LogP contribution in [0.3, 0.4) is 0 Å². The zero-order chi connectivity index (χ0) is 22.1. The maximum Gasteiger partial charge on any atom is 0.416 e. The van der Waals surface area contributed by atoms with E-state index in [2.05, 4.69) is 11.1 Å². The van der Waals surface area contributed by atoms with Crippen molar-refractivity contribution >= 4 is 12.2 Å². The Labute approximate surface area is 178 Å². The molecule has 0 N–H and O–H groups in total. The van der Waals surface area contributed by atoms with Gasteiger partial charge in [-0.15, -0.1) is 0 Å². The predicted molar refractivity (Wildman–Crippen MR) is 111 cm³/mol. The van der Waals surface area contributed by atoms with Gasteiger partial charge in [0.15, 0.2) is 0 Å². The van der Waals surface area contributed by atoms with Crippen molar-refractivity contribution in [1.82, 2.24) is 4.98 Å². The molecule has 0 spiro atoms. The van der Waals surface area contributed by atoms with Gasteiger partial charge in [-0.1, -0.05) is 24.3 Å². The van der Waals surface area contributed by atoms with Crippen molar-refractivity contribution in [2.24, 2.45) is 0 Å². The molecule has 1 heterocycles. The van der Waals surface area contributed by atoms with Crippen LogP contribution in [0.5, 0.6) is 5.75 Å². The Morgan fingerprint density at radius 3 is 2.42 bits per heavy atom. The molecule has 0 aliphatic rings. The molecule has 0 unspecified atom stereocenters. The molecule has 0 saturated heterocycles. The van der Waals surface area contributed by atoms with Gasteiger partial charge in [0.2, 0.25) is 5.89 Å². The number of ether oxygens (including phenoxy) is 1. The summed E-state index contributed by atoms with van der Waals surface area (Å²) in [4.78, 5) is 4.29. The van der Waals surface area contributed by atoms with Gasteiger partial charge in [-0.05, 0) is 60.7 Å². The topological polar surface area (TPSA) is 59.0 Å². The fourth-order valence-corrected chi connectivity index (χ4v) is 2.86. The Balaban J connectivity index is 1.49. The zero-order valence-corrected chi connectivity index (χ0v) is 16.7. The van der Waals surface area contributed by atoms with Gasteiger partial charge in [0.1, 0.15) is 24.3 Å². The molecule has 0 radical (unpaired) electrons. The molecule has 0 aliphatic carbocycles. The summed E-state index contributed by atoms with van der Waals surface area (Å²) in [6.07, 6.45) is 3.75. The molecule has 0 bridgehead atoms. The number of unbranched alkanes of at least 4 members (excludes halogenated alkanes) is 2. The van der Waals surface area contributed by atoms with Gasteiger partial charge in [-0.25, -0.2) is 4.98 Å². The molecule has 0 amide bonds. The third-order valence-corrected chi connectivity index (χ3v) is 4.54. The smallest absolute Gasteiger partial charge is 0.416 e. The lowest BCUT2D eigenvalue weighted by Crippen LogP contribution is -2.03. The van der Waals surface area contributed by atoms with Crippen LogP contribution in [0.15, 0.2) is 59.2 Å². The highest BCUT2D eigenvalue weighted by Crippen LogP contribution is 2.29. The van der Waals surface area contributed by atoms with Gasteiger partial charge in [0.05, 0.1) is 11.6 Å². The highest BCUT2D eigenvalue weighted by atomic mass is 19.4. The minimum Gasteiger partial charge on any atom is -0.487 e. The van der Waals surface area contributed by atoms with E-state index in [1.54, 1.807) is 12.2 Å². The second kappa shape index (κ2) is 10.5. The van der Waals surface area contributed by atoms with Crippen molar-refractivity contribution in [3.8, 4) is 11.8 Å². The first-order chi connectivity index (χ1) is 14.9. The highest BCUT2D eigenvalue weighted by Gasteiger charge is 2.29. The zero-order valence-electron chi connectivity index (χ0n) is 16.7. The molecule has 0 aliphatic heterocycles. The summed E-state index contributed by atoms with van der Waals surface area (Å²) in [6.45, 7) is 0.235. The van der Waals surface area contributed by atoms with Crippen LogP contribution in [0.1, 0.15) is 47.5 Å². The third-order valence-electron chi connectivity index (χ3n) is 4.54. The SMILES string of the molecule is N#CCCCCc1ccc(OCc2coc(/C=C/c3ccc(C(F)(F)F)cc3)n2)cc1. The molecule has 0 saturated carbocycles. The van der Waals surface area contributed by atoms with Crippen LogP contribution in [0.2, 0.25) is 0 Å². The van der Waals surface area contributed by atoms with Crippen LogP contribution in [-0.4, -0.2) is 4.98 Å². The Kier molecular flexibility index (Phi) is 7.50. The van der Waals surface area contributed by atoms with Crippen LogP contribution in [-0.2, 0) is 19.2 Å². The molecule has 31 heavy (non-hydrogen) atoms. The Hall–Kier alpha value is -3.53. The molecule has 1 aromatic heterocycles. The Morgan fingerprint density at radius 2 is 1.74 bits per heavy atom. The van der Waals surface area contributed by atoms with Crippen LogP contribution in [0, 0.1) is 11.3 Å². The van der Waals surface area contributed by atoms with Gasteiger partial charge in [0.25, 0.3) is 0 Å². The third kappa shape index (κ3) is 7.03. The molecular formula is C24H21F3N2O2. The number of aryl methyl sites for hydroxylation is 1. The molecule has 2 aromatic carbocycles. The lowest BCUT2D eigenvalue weighted by Gasteiger charge is -2.05. The number of nitriles is 1. The fraction of sp³-hybridized carbons (Fsp3) is 0.250. The monoisotopic (exact) mass is 426 g/mol. The van der Waals surface area contributed by atoms with Crippen LogP contribution in [0.4, 0.5) is 13.2 Å². The molecule has 4 nitrogen and oxygen atoms in total. The van der Waals surface area contributed by atoms with Crippen molar-refractivity contribution in [1.29, 1.82) is 5.26 Å². The van der Waals surface area contributed by atoms with Gasteiger partial charge < -0.3 is 9.15 Å². The number of hydrogen-bond acceptors (Lipinski definition) is 4. The summed E-state index contributed by atoms with van der Waals surface area (Å²) in [5, 5.41) is 8.55. The van der Waals surface area contributed by atoms with Crippen molar-refractivity contribution in [3.63, 3.8) is 0 Å². The number of oxazole rings is 1. The first-order valence-electron chi connectivity index (χ1n) is 9.82. The lowest BCUT2D eigenvalue weighted by molar-refractivity contribution is -0.137. The van der Waals surface area contributed by atoms with Crippen molar-refractivity contribution in [3.05, 3.63) is 83.1 Å². The van der Waals surface area contributed by atoms with E-state index >= 15 is 0 Å². The van der Waals surface area contributed by atoms with Crippen molar-refractivity contribution in [2.75, 3.05) is 0 Å². The predicted octanol–water partition coefficient (Wildman–Crippen LogP) is 6.68. The molecule has 7 heteroatoms. The number of alkyl halides is 3. The van der Waals surface area contributed by atoms with Gasteiger partial charge in [0, 0.05) is 12.5 Å². The van der Waals surface area contributed by atoms with E-state index in [1.807, 2.05) is 24.3 Å². The average molecular weight is 426 g/mol. The second-order valence-electron chi connectivity index (χ2n) is 6.93. The highest BCUT2D eigenvalue weighted by molar-refractivity contribution is 5.66. The number of benzene rings is 2. The first kappa shape index (κ1) is 22.2. The molecular weight excluding hydrogens is 405 g/mol. The fourth-order valence-electron chi connectivity index (χ4n) is 2.86. The second-order valence-corrected chi connectivity index (χ2v) is 6.93. The summed E-state index contributed by atoms with van der Waals surface area (Å²) in [7, 11) is 0. The summed E-state index contributed by atoms with van der Waals surface area (Å²) in [5.41, 5.74) is 1.72. The summed E-state index contributed by atoms with van der Waals surface area (Å²) in [6, 6.07) is 14.8. The summed E-state index contributed by atoms with van der Waals surface area (Å²) >= 11 is 0. The van der Waals surface area contributed by atoms with Crippen LogP contribution >= 0.6 is 0 Å². The maximum atomic E-state index is 12.6. The minimum atomic E-state index is -4.35. The van der Waals surface area contributed by atoms with Crippen LogP contribution in [0.25, 0.3) is 12.2 Å². The Morgan fingerprint density at radius 1 is 1.00 bits per heavy atom. The number of aromatic nitrogens is 1. The normalized spacial score (nSPS) is 11.5. The van der Waals surface area contributed by atoms with Gasteiger partial charge in [-0.3, -0.25) is 0 Å². The van der Waals surface area contributed by atoms with E-state index in [1.165, 1.54) is 24.0 Å². The van der Waals surface area contributed by atoms with Gasteiger partial charge >= 0.3 is 6.18 Å². The van der Waals surface area contributed by atoms with E-state index in [0.29, 0.717) is 29.3 Å². The number of hydrogen-bond donors (Lipinski definition) is 0.